The quantitative estimate of drug-likeness (QED) is 0.503. The number of amides is 1. The fourth-order valence-corrected chi connectivity index (χ4v) is 2.68. The molecule has 7 nitrogen and oxygen atoms in total. The molecule has 21 heavy (non-hydrogen) atoms. The standard InChI is InChI=1S/C13H17FN4O3/c1-2-8-4-3-5-17(8)13(19)9-6-11(16-15)10(14)7-12(9)18(20)21/h6-8,16H,2-5,15H2,1H3. The van der Waals surface area contributed by atoms with Gasteiger partial charge in [-0.05, 0) is 25.3 Å². The summed E-state index contributed by atoms with van der Waals surface area (Å²) in [5.74, 6) is 3.85. The number of nitro groups is 1. The summed E-state index contributed by atoms with van der Waals surface area (Å²) < 4.78 is 13.6. The fraction of sp³-hybridized carbons (Fsp3) is 0.462. The lowest BCUT2D eigenvalue weighted by Gasteiger charge is -2.23. The molecule has 2 rings (SSSR count). The number of hydrogen-bond acceptors (Lipinski definition) is 5. The number of carbonyl (C=O) groups is 1. The molecular weight excluding hydrogens is 279 g/mol. The first-order valence-corrected chi connectivity index (χ1v) is 6.75. The predicted molar refractivity (Wildman–Crippen MR) is 75.2 cm³/mol. The van der Waals surface area contributed by atoms with Crippen molar-refractivity contribution in [1.82, 2.24) is 4.90 Å². The molecule has 3 N–H and O–H groups in total. The third-order valence-electron chi connectivity index (χ3n) is 3.78. The predicted octanol–water partition coefficient (Wildman–Crippen LogP) is 2.03. The summed E-state index contributed by atoms with van der Waals surface area (Å²) in [5, 5.41) is 11.1. The van der Waals surface area contributed by atoms with Gasteiger partial charge < -0.3 is 10.3 Å². The van der Waals surface area contributed by atoms with Gasteiger partial charge in [0, 0.05) is 12.6 Å². The van der Waals surface area contributed by atoms with Crippen LogP contribution in [0.4, 0.5) is 15.8 Å². The third-order valence-corrected chi connectivity index (χ3v) is 3.78. The Kier molecular flexibility index (Phi) is 4.37. The summed E-state index contributed by atoms with van der Waals surface area (Å²) >= 11 is 0. The first-order valence-electron chi connectivity index (χ1n) is 6.75. The molecular formula is C13H17FN4O3. The number of nitro benzene ring substituents is 1. The second kappa shape index (κ2) is 6.04. The minimum absolute atomic E-state index is 0.0662. The van der Waals surface area contributed by atoms with Gasteiger partial charge in [0.05, 0.1) is 16.7 Å². The molecule has 1 heterocycles. The zero-order valence-corrected chi connectivity index (χ0v) is 11.6. The lowest BCUT2D eigenvalue weighted by Crippen LogP contribution is -2.35. The van der Waals surface area contributed by atoms with Crippen molar-refractivity contribution >= 4 is 17.3 Å². The van der Waals surface area contributed by atoms with Gasteiger partial charge in [-0.3, -0.25) is 20.8 Å². The highest BCUT2D eigenvalue weighted by Crippen LogP contribution is 2.30. The Morgan fingerprint density at radius 1 is 1.62 bits per heavy atom. The Balaban J connectivity index is 2.46. The number of benzene rings is 1. The maximum absolute atomic E-state index is 13.6. The third kappa shape index (κ3) is 2.80. The summed E-state index contributed by atoms with van der Waals surface area (Å²) in [5.41, 5.74) is 1.27. The number of hydrazine groups is 1. The van der Waals surface area contributed by atoms with Crippen LogP contribution in [0.3, 0.4) is 0 Å². The van der Waals surface area contributed by atoms with Crippen molar-refractivity contribution in [3.8, 4) is 0 Å². The molecule has 1 saturated heterocycles. The number of likely N-dealkylation sites (tertiary alicyclic amines) is 1. The number of carbonyl (C=O) groups excluding carboxylic acids is 1. The molecule has 1 aromatic rings. The van der Waals surface area contributed by atoms with Gasteiger partial charge >= 0.3 is 0 Å². The van der Waals surface area contributed by atoms with E-state index in [2.05, 4.69) is 5.43 Å². The van der Waals surface area contributed by atoms with Crippen molar-refractivity contribution in [1.29, 1.82) is 0 Å². The van der Waals surface area contributed by atoms with Crippen molar-refractivity contribution in [2.45, 2.75) is 32.2 Å². The van der Waals surface area contributed by atoms with Crippen molar-refractivity contribution < 1.29 is 14.1 Å². The molecule has 114 valence electrons. The van der Waals surface area contributed by atoms with Crippen molar-refractivity contribution in [3.63, 3.8) is 0 Å². The molecule has 1 atom stereocenters. The molecule has 0 aliphatic carbocycles. The van der Waals surface area contributed by atoms with Crippen LogP contribution in [0.25, 0.3) is 0 Å². The fourth-order valence-electron chi connectivity index (χ4n) is 2.68. The number of anilines is 1. The molecule has 0 bridgehead atoms. The van der Waals surface area contributed by atoms with Gasteiger partial charge in [-0.25, -0.2) is 4.39 Å². The van der Waals surface area contributed by atoms with Gasteiger partial charge in [0.15, 0.2) is 5.82 Å². The highest BCUT2D eigenvalue weighted by molar-refractivity contribution is 5.99. The van der Waals surface area contributed by atoms with Crippen LogP contribution in [-0.4, -0.2) is 28.3 Å². The van der Waals surface area contributed by atoms with E-state index in [0.29, 0.717) is 6.54 Å². The number of hydrogen-bond donors (Lipinski definition) is 2. The van der Waals surface area contributed by atoms with Gasteiger partial charge in [0.25, 0.3) is 11.6 Å². The van der Waals surface area contributed by atoms with Crippen LogP contribution in [0.2, 0.25) is 0 Å². The van der Waals surface area contributed by atoms with Gasteiger partial charge in [-0.15, -0.1) is 0 Å². The SMILES string of the molecule is CCC1CCCN1C(=O)c1cc(NN)c(F)cc1[N+](=O)[O-]. The lowest BCUT2D eigenvalue weighted by atomic mass is 10.1. The number of nitrogens with two attached hydrogens (primary N) is 1. The molecule has 1 unspecified atom stereocenters. The number of nitrogen functional groups attached to an aromatic ring is 1. The summed E-state index contributed by atoms with van der Waals surface area (Å²) in [4.78, 5) is 24.5. The van der Waals surface area contributed by atoms with E-state index >= 15 is 0 Å². The van der Waals surface area contributed by atoms with Gasteiger partial charge in [-0.1, -0.05) is 6.92 Å². The summed E-state index contributed by atoms with van der Waals surface area (Å²) in [6.07, 6.45) is 2.52. The van der Waals surface area contributed by atoms with Crippen LogP contribution in [0, 0.1) is 15.9 Å². The van der Waals surface area contributed by atoms with E-state index in [9.17, 15) is 19.3 Å². The average molecular weight is 296 g/mol. The molecule has 1 aromatic carbocycles. The molecule has 1 aliphatic heterocycles. The zero-order chi connectivity index (χ0) is 15.6. The minimum Gasteiger partial charge on any atom is -0.335 e. The second-order valence-corrected chi connectivity index (χ2v) is 4.95. The molecule has 8 heteroatoms. The van der Waals surface area contributed by atoms with Crippen LogP contribution in [0.15, 0.2) is 12.1 Å². The van der Waals surface area contributed by atoms with E-state index in [4.69, 9.17) is 5.84 Å². The van der Waals surface area contributed by atoms with E-state index in [1.54, 1.807) is 4.90 Å². The lowest BCUT2D eigenvalue weighted by molar-refractivity contribution is -0.385. The van der Waals surface area contributed by atoms with Gasteiger partial charge in [0.1, 0.15) is 5.56 Å². The number of halogens is 1. The van der Waals surface area contributed by atoms with Crippen LogP contribution in [0.5, 0.6) is 0 Å². The highest BCUT2D eigenvalue weighted by Gasteiger charge is 2.32. The zero-order valence-electron chi connectivity index (χ0n) is 11.6. The summed E-state index contributed by atoms with van der Waals surface area (Å²) in [6.45, 7) is 2.51. The van der Waals surface area contributed by atoms with Gasteiger partial charge in [0.2, 0.25) is 0 Å². The monoisotopic (exact) mass is 296 g/mol. The normalized spacial score (nSPS) is 17.9. The van der Waals surface area contributed by atoms with Crippen LogP contribution in [-0.2, 0) is 0 Å². The molecule has 0 saturated carbocycles. The Hall–Kier alpha value is -2.22. The number of nitrogens with one attached hydrogen (secondary N) is 1. The van der Waals surface area contributed by atoms with E-state index in [1.165, 1.54) is 0 Å². The number of nitrogens with zero attached hydrogens (tertiary/aromatic N) is 2. The highest BCUT2D eigenvalue weighted by atomic mass is 19.1. The van der Waals surface area contributed by atoms with Crippen molar-refractivity contribution in [2.24, 2.45) is 5.84 Å². The first kappa shape index (κ1) is 15.2. The van der Waals surface area contributed by atoms with Crippen LogP contribution >= 0.6 is 0 Å². The smallest absolute Gasteiger partial charge is 0.285 e. The van der Waals surface area contributed by atoms with E-state index < -0.39 is 22.3 Å². The number of rotatable bonds is 4. The summed E-state index contributed by atoms with van der Waals surface area (Å²) in [6, 6.07) is 1.89. The topological polar surface area (TPSA) is 102 Å². The van der Waals surface area contributed by atoms with Crippen molar-refractivity contribution in [3.05, 3.63) is 33.6 Å². The van der Waals surface area contributed by atoms with E-state index in [1.807, 2.05) is 6.92 Å². The Labute approximate surface area is 121 Å². The van der Waals surface area contributed by atoms with Crippen LogP contribution < -0.4 is 11.3 Å². The molecule has 1 fully saturated rings. The molecule has 0 radical (unpaired) electrons. The van der Waals surface area contributed by atoms with Crippen LogP contribution in [0.1, 0.15) is 36.5 Å². The minimum atomic E-state index is -0.866. The molecule has 1 amide bonds. The Morgan fingerprint density at radius 2 is 2.33 bits per heavy atom. The molecule has 0 spiro atoms. The van der Waals surface area contributed by atoms with E-state index in [0.717, 1.165) is 31.4 Å². The molecule has 1 aliphatic rings. The first-order chi connectivity index (χ1) is 9.99. The largest absolute Gasteiger partial charge is 0.335 e. The maximum Gasteiger partial charge on any atom is 0.285 e. The Bertz CT molecular complexity index is 579. The Morgan fingerprint density at radius 3 is 2.90 bits per heavy atom. The van der Waals surface area contributed by atoms with E-state index in [-0.39, 0.29) is 17.3 Å². The van der Waals surface area contributed by atoms with Crippen molar-refractivity contribution in [2.75, 3.05) is 12.0 Å². The maximum atomic E-state index is 13.6. The average Bonchev–Trinajstić information content (AvgIpc) is 2.94. The second-order valence-electron chi connectivity index (χ2n) is 4.95. The van der Waals surface area contributed by atoms with Gasteiger partial charge in [-0.2, -0.15) is 0 Å². The molecule has 0 aromatic heterocycles. The summed E-state index contributed by atoms with van der Waals surface area (Å²) in [7, 11) is 0.